The lowest BCUT2D eigenvalue weighted by atomic mass is 9.83. The van der Waals surface area contributed by atoms with Crippen molar-refractivity contribution in [2.45, 2.75) is 43.0 Å². The van der Waals surface area contributed by atoms with Gasteiger partial charge in [-0.25, -0.2) is 18.6 Å². The van der Waals surface area contributed by atoms with Gasteiger partial charge in [0.2, 0.25) is 0 Å². The van der Waals surface area contributed by atoms with Gasteiger partial charge in [-0.3, -0.25) is 4.72 Å². The SMILES string of the molecule is COc1cc(C(=O)O)c(F)cc1NS(=O)(=O)c1csc(-c2ccc(C3CCCCC3)c(OC)c2F)n1. The predicted molar refractivity (Wildman–Crippen MR) is 131 cm³/mol. The van der Waals surface area contributed by atoms with E-state index in [0.717, 1.165) is 55.1 Å². The second-order valence-corrected chi connectivity index (χ2v) is 10.8. The van der Waals surface area contributed by atoms with Crippen LogP contribution in [-0.2, 0) is 10.0 Å². The standard InChI is InChI=1S/C24H24F2N2O6S2/c1-33-19-10-16(24(29)30)17(25)11-18(19)28-36(31,32)20-12-35-23(27-20)15-9-8-14(22(34-2)21(15)26)13-6-4-3-5-7-13/h8-13,28H,3-7H2,1-2H3,(H,29,30). The number of carboxylic acid groups (broad SMARTS) is 1. The van der Waals surface area contributed by atoms with Crippen molar-refractivity contribution < 1.29 is 36.6 Å². The van der Waals surface area contributed by atoms with Crippen LogP contribution in [0.5, 0.6) is 11.5 Å². The van der Waals surface area contributed by atoms with Crippen LogP contribution in [0.3, 0.4) is 0 Å². The molecule has 0 bridgehead atoms. The van der Waals surface area contributed by atoms with Crippen LogP contribution in [0.1, 0.15) is 53.9 Å². The normalized spacial score (nSPS) is 14.4. The smallest absolute Gasteiger partial charge is 0.338 e. The lowest BCUT2D eigenvalue weighted by Gasteiger charge is -2.24. The van der Waals surface area contributed by atoms with Crippen LogP contribution >= 0.6 is 11.3 Å². The van der Waals surface area contributed by atoms with Gasteiger partial charge in [0, 0.05) is 17.0 Å². The zero-order valence-electron chi connectivity index (χ0n) is 19.5. The molecule has 0 saturated heterocycles. The van der Waals surface area contributed by atoms with E-state index in [0.29, 0.717) is 6.07 Å². The number of rotatable bonds is 8. The van der Waals surface area contributed by atoms with Crippen LogP contribution < -0.4 is 14.2 Å². The summed E-state index contributed by atoms with van der Waals surface area (Å²) >= 11 is 0.925. The first-order valence-corrected chi connectivity index (χ1v) is 13.5. The van der Waals surface area contributed by atoms with E-state index in [4.69, 9.17) is 14.6 Å². The summed E-state index contributed by atoms with van der Waals surface area (Å²) in [5.41, 5.74) is -0.0817. The van der Waals surface area contributed by atoms with E-state index in [2.05, 4.69) is 9.71 Å². The number of anilines is 1. The van der Waals surface area contributed by atoms with Crippen molar-refractivity contribution in [1.82, 2.24) is 4.98 Å². The van der Waals surface area contributed by atoms with E-state index in [9.17, 15) is 17.6 Å². The Labute approximate surface area is 211 Å². The molecule has 1 heterocycles. The Balaban J connectivity index is 1.65. The van der Waals surface area contributed by atoms with E-state index in [1.165, 1.54) is 19.6 Å². The van der Waals surface area contributed by atoms with Crippen LogP contribution in [-0.4, -0.2) is 38.7 Å². The summed E-state index contributed by atoms with van der Waals surface area (Å²) < 4.78 is 68.0. The van der Waals surface area contributed by atoms with Crippen molar-refractivity contribution in [1.29, 1.82) is 0 Å². The molecule has 2 aromatic carbocycles. The van der Waals surface area contributed by atoms with Gasteiger partial charge in [-0.1, -0.05) is 25.3 Å². The van der Waals surface area contributed by atoms with Gasteiger partial charge in [0.15, 0.2) is 16.6 Å². The molecule has 4 rings (SSSR count). The summed E-state index contributed by atoms with van der Waals surface area (Å²) in [7, 11) is -1.75. The number of sulfonamides is 1. The largest absolute Gasteiger partial charge is 0.495 e. The summed E-state index contributed by atoms with van der Waals surface area (Å²) in [5.74, 6) is -3.14. The maximum Gasteiger partial charge on any atom is 0.338 e. The minimum absolute atomic E-state index is 0.104. The quantitative estimate of drug-likeness (QED) is 0.381. The molecule has 0 radical (unpaired) electrons. The number of halogens is 2. The third kappa shape index (κ3) is 5.00. The number of benzene rings is 2. The second-order valence-electron chi connectivity index (χ2n) is 8.32. The van der Waals surface area contributed by atoms with Crippen molar-refractivity contribution in [3.8, 4) is 22.1 Å². The highest BCUT2D eigenvalue weighted by Crippen LogP contribution is 2.42. The number of aromatic carboxylic acids is 1. The number of ether oxygens (including phenoxy) is 2. The van der Waals surface area contributed by atoms with Gasteiger partial charge in [-0.15, -0.1) is 11.3 Å². The average molecular weight is 539 g/mol. The Morgan fingerprint density at radius 2 is 1.86 bits per heavy atom. The molecule has 12 heteroatoms. The molecule has 1 aromatic heterocycles. The zero-order valence-corrected chi connectivity index (χ0v) is 21.1. The Morgan fingerprint density at radius 1 is 1.14 bits per heavy atom. The van der Waals surface area contributed by atoms with Crippen molar-refractivity contribution >= 4 is 33.0 Å². The van der Waals surface area contributed by atoms with Crippen molar-refractivity contribution in [2.75, 3.05) is 18.9 Å². The molecule has 36 heavy (non-hydrogen) atoms. The number of thiazole rings is 1. The molecule has 1 fully saturated rings. The van der Waals surface area contributed by atoms with Crippen LogP contribution in [0.4, 0.5) is 14.5 Å². The maximum absolute atomic E-state index is 15.4. The lowest BCUT2D eigenvalue weighted by Crippen LogP contribution is -2.15. The summed E-state index contributed by atoms with van der Waals surface area (Å²) in [5, 5.41) is 10.0. The summed E-state index contributed by atoms with van der Waals surface area (Å²) in [6.45, 7) is 0. The van der Waals surface area contributed by atoms with Gasteiger partial charge in [0.1, 0.15) is 16.6 Å². The fourth-order valence-corrected chi connectivity index (χ4v) is 6.52. The van der Waals surface area contributed by atoms with Gasteiger partial charge in [0.25, 0.3) is 10.0 Å². The van der Waals surface area contributed by atoms with Crippen LogP contribution in [0.2, 0.25) is 0 Å². The molecule has 1 aliphatic carbocycles. The fraction of sp³-hybridized carbons (Fsp3) is 0.333. The fourth-order valence-electron chi connectivity index (χ4n) is 4.35. The molecule has 0 unspecified atom stereocenters. The first-order chi connectivity index (χ1) is 17.2. The minimum Gasteiger partial charge on any atom is -0.495 e. The summed E-state index contributed by atoms with van der Waals surface area (Å²) in [6.07, 6.45) is 5.22. The molecule has 1 aliphatic rings. The number of hydrogen-bond donors (Lipinski definition) is 2. The Hall–Kier alpha value is -3.25. The maximum atomic E-state index is 15.4. The Bertz CT molecular complexity index is 1400. The molecule has 3 aromatic rings. The third-order valence-electron chi connectivity index (χ3n) is 6.13. The zero-order chi connectivity index (χ0) is 26.0. The van der Waals surface area contributed by atoms with E-state index < -0.39 is 38.2 Å². The van der Waals surface area contributed by atoms with Crippen molar-refractivity contribution in [2.24, 2.45) is 0 Å². The summed E-state index contributed by atoms with van der Waals surface area (Å²) in [4.78, 5) is 15.2. The molecule has 192 valence electrons. The molecular weight excluding hydrogens is 514 g/mol. The van der Waals surface area contributed by atoms with E-state index in [1.807, 2.05) is 0 Å². The van der Waals surface area contributed by atoms with Gasteiger partial charge in [-0.05, 0) is 30.9 Å². The number of hydrogen-bond acceptors (Lipinski definition) is 7. The van der Waals surface area contributed by atoms with Crippen LogP contribution in [0.25, 0.3) is 10.6 Å². The van der Waals surface area contributed by atoms with E-state index in [1.54, 1.807) is 12.1 Å². The van der Waals surface area contributed by atoms with Crippen molar-refractivity contribution in [3.05, 3.63) is 52.4 Å². The highest BCUT2D eigenvalue weighted by atomic mass is 32.2. The summed E-state index contributed by atoms with van der Waals surface area (Å²) in [6, 6.07) is 4.96. The van der Waals surface area contributed by atoms with Gasteiger partial charge in [-0.2, -0.15) is 8.42 Å². The topological polar surface area (TPSA) is 115 Å². The monoisotopic (exact) mass is 538 g/mol. The first kappa shape index (κ1) is 25.8. The second kappa shape index (κ2) is 10.4. The lowest BCUT2D eigenvalue weighted by molar-refractivity contribution is 0.0691. The molecule has 2 N–H and O–H groups in total. The number of methoxy groups -OCH3 is 2. The van der Waals surface area contributed by atoms with Gasteiger partial charge in [0.05, 0.1) is 31.0 Å². The number of nitrogens with one attached hydrogen (secondary N) is 1. The molecule has 8 nitrogen and oxygen atoms in total. The molecule has 0 atom stereocenters. The molecular formula is C24H24F2N2O6S2. The molecule has 0 spiro atoms. The number of nitrogens with zero attached hydrogens (tertiary/aromatic N) is 1. The molecule has 1 saturated carbocycles. The van der Waals surface area contributed by atoms with Gasteiger partial charge < -0.3 is 14.6 Å². The minimum atomic E-state index is -4.34. The van der Waals surface area contributed by atoms with E-state index in [-0.39, 0.29) is 33.7 Å². The van der Waals surface area contributed by atoms with Gasteiger partial charge >= 0.3 is 5.97 Å². The number of carbonyl (C=O) groups is 1. The molecule has 0 amide bonds. The Morgan fingerprint density at radius 3 is 2.50 bits per heavy atom. The highest BCUT2D eigenvalue weighted by Gasteiger charge is 2.27. The number of carboxylic acids is 1. The van der Waals surface area contributed by atoms with E-state index >= 15 is 4.39 Å². The van der Waals surface area contributed by atoms with Crippen molar-refractivity contribution in [3.63, 3.8) is 0 Å². The van der Waals surface area contributed by atoms with Crippen LogP contribution in [0, 0.1) is 11.6 Å². The molecule has 0 aliphatic heterocycles. The van der Waals surface area contributed by atoms with Crippen LogP contribution in [0.15, 0.2) is 34.7 Å². The Kier molecular flexibility index (Phi) is 7.46. The average Bonchev–Trinajstić information content (AvgIpc) is 3.35. The highest BCUT2D eigenvalue weighted by molar-refractivity contribution is 7.92. The third-order valence-corrected chi connectivity index (χ3v) is 8.40. The first-order valence-electron chi connectivity index (χ1n) is 11.1. The number of aromatic nitrogens is 1. The predicted octanol–water partition coefficient (Wildman–Crippen LogP) is 5.65.